The zero-order valence-corrected chi connectivity index (χ0v) is 14.0. The van der Waals surface area contributed by atoms with Gasteiger partial charge in [-0.2, -0.15) is 4.98 Å². The highest BCUT2D eigenvalue weighted by molar-refractivity contribution is 7.18. The van der Waals surface area contributed by atoms with E-state index in [2.05, 4.69) is 47.4 Å². The molecule has 1 unspecified atom stereocenters. The second kappa shape index (κ2) is 7.56. The van der Waals surface area contributed by atoms with Crippen molar-refractivity contribution in [1.29, 1.82) is 0 Å². The second-order valence-corrected chi connectivity index (χ2v) is 6.22. The maximum atomic E-state index is 5.19. The quantitative estimate of drug-likeness (QED) is 0.781. The molecule has 0 aromatic carbocycles. The first-order valence-electron chi connectivity index (χ1n) is 7.47. The van der Waals surface area contributed by atoms with E-state index in [9.17, 15) is 0 Å². The van der Waals surface area contributed by atoms with Gasteiger partial charge in [0.1, 0.15) is 10.6 Å². The van der Waals surface area contributed by atoms with Gasteiger partial charge in [-0.3, -0.25) is 0 Å². The summed E-state index contributed by atoms with van der Waals surface area (Å²) in [6, 6.07) is 2.39. The van der Waals surface area contributed by atoms with Crippen LogP contribution in [0, 0.1) is 0 Å². The van der Waals surface area contributed by atoms with Gasteiger partial charge in [-0.25, -0.2) is 4.98 Å². The fourth-order valence-electron chi connectivity index (χ4n) is 2.10. The molecule has 0 bridgehead atoms. The lowest BCUT2D eigenvalue weighted by Gasteiger charge is -2.15. The van der Waals surface area contributed by atoms with Crippen LogP contribution in [0.5, 0.6) is 0 Å². The summed E-state index contributed by atoms with van der Waals surface area (Å²) in [6.45, 7) is 7.91. The molecule has 2 N–H and O–H groups in total. The number of thiophene rings is 1. The minimum Gasteiger partial charge on any atom is -0.383 e. The van der Waals surface area contributed by atoms with Crippen molar-refractivity contribution in [3.8, 4) is 0 Å². The highest BCUT2D eigenvalue weighted by Gasteiger charge is 2.13. The zero-order valence-electron chi connectivity index (χ0n) is 13.2. The summed E-state index contributed by atoms with van der Waals surface area (Å²) in [6.07, 6.45) is 2.07. The molecule has 0 saturated heterocycles. The fourth-order valence-corrected chi connectivity index (χ4v) is 3.06. The van der Waals surface area contributed by atoms with Gasteiger partial charge in [0.25, 0.3) is 0 Å². The summed E-state index contributed by atoms with van der Waals surface area (Å²) in [7, 11) is 1.71. The molecule has 2 aromatic rings. The number of anilines is 2. The van der Waals surface area contributed by atoms with Gasteiger partial charge < -0.3 is 15.4 Å². The average molecular weight is 308 g/mol. The van der Waals surface area contributed by atoms with Crippen LogP contribution in [0.25, 0.3) is 10.2 Å². The number of methoxy groups -OCH3 is 1. The number of nitrogens with zero attached hydrogens (tertiary/aromatic N) is 2. The molecule has 0 spiro atoms. The van der Waals surface area contributed by atoms with Crippen molar-refractivity contribution in [3.05, 3.63) is 10.9 Å². The molecule has 2 aromatic heterocycles. The fraction of sp³-hybridized carbons (Fsp3) is 0.600. The maximum absolute atomic E-state index is 5.19. The van der Waals surface area contributed by atoms with Crippen molar-refractivity contribution >= 4 is 33.3 Å². The molecule has 0 radical (unpaired) electrons. The largest absolute Gasteiger partial charge is 0.383 e. The minimum absolute atomic E-state index is 0.206. The monoisotopic (exact) mass is 308 g/mol. The Morgan fingerprint density at radius 3 is 2.81 bits per heavy atom. The van der Waals surface area contributed by atoms with E-state index in [1.54, 1.807) is 18.4 Å². The minimum atomic E-state index is 0.206. The third kappa shape index (κ3) is 4.04. The molecule has 5 nitrogen and oxygen atoms in total. The Morgan fingerprint density at radius 2 is 2.14 bits per heavy atom. The lowest BCUT2D eigenvalue weighted by atomic mass is 10.3. The van der Waals surface area contributed by atoms with Crippen molar-refractivity contribution in [1.82, 2.24) is 9.97 Å². The van der Waals surface area contributed by atoms with Gasteiger partial charge in [0.15, 0.2) is 0 Å². The molecular formula is C15H24N4OS. The smallest absolute Gasteiger partial charge is 0.226 e. The van der Waals surface area contributed by atoms with Crippen LogP contribution in [0.3, 0.4) is 0 Å². The molecule has 2 rings (SSSR count). The molecule has 0 aliphatic heterocycles. The third-order valence-corrected chi connectivity index (χ3v) is 4.30. The Bertz CT molecular complexity index is 584. The molecule has 0 aliphatic carbocycles. The van der Waals surface area contributed by atoms with Gasteiger partial charge >= 0.3 is 0 Å². The maximum Gasteiger partial charge on any atom is 0.226 e. The first-order chi connectivity index (χ1) is 10.2. The number of hydrogen-bond donors (Lipinski definition) is 2. The van der Waals surface area contributed by atoms with E-state index in [0.29, 0.717) is 12.6 Å². The van der Waals surface area contributed by atoms with Gasteiger partial charge in [-0.1, -0.05) is 13.8 Å². The molecule has 21 heavy (non-hydrogen) atoms. The van der Waals surface area contributed by atoms with Crippen LogP contribution in [0.2, 0.25) is 0 Å². The molecule has 116 valence electrons. The van der Waals surface area contributed by atoms with Gasteiger partial charge in [-0.15, -0.1) is 11.3 Å². The van der Waals surface area contributed by atoms with E-state index in [0.717, 1.165) is 35.4 Å². The van der Waals surface area contributed by atoms with E-state index >= 15 is 0 Å². The second-order valence-electron chi connectivity index (χ2n) is 5.11. The zero-order chi connectivity index (χ0) is 15.2. The van der Waals surface area contributed by atoms with Gasteiger partial charge in [0, 0.05) is 24.6 Å². The number of rotatable bonds is 8. The topological polar surface area (TPSA) is 59.1 Å². The lowest BCUT2D eigenvalue weighted by molar-refractivity contribution is 0.190. The average Bonchev–Trinajstić information content (AvgIpc) is 2.88. The van der Waals surface area contributed by atoms with Crippen LogP contribution in [0.4, 0.5) is 11.8 Å². The predicted octanol–water partition coefficient (Wildman–Crippen LogP) is 3.52. The van der Waals surface area contributed by atoms with Crippen molar-refractivity contribution in [2.24, 2.45) is 0 Å². The number of ether oxygens (including phenoxy) is 1. The molecule has 0 aliphatic rings. The van der Waals surface area contributed by atoms with E-state index < -0.39 is 0 Å². The van der Waals surface area contributed by atoms with Crippen molar-refractivity contribution in [2.45, 2.75) is 39.7 Å². The Labute approximate surface area is 130 Å². The van der Waals surface area contributed by atoms with Gasteiger partial charge in [0.2, 0.25) is 5.95 Å². The molecule has 0 saturated carbocycles. The van der Waals surface area contributed by atoms with Crippen LogP contribution < -0.4 is 10.6 Å². The van der Waals surface area contributed by atoms with Crippen LogP contribution in [0.15, 0.2) is 6.07 Å². The van der Waals surface area contributed by atoms with Crippen molar-refractivity contribution in [2.75, 3.05) is 30.9 Å². The Morgan fingerprint density at radius 1 is 1.33 bits per heavy atom. The van der Waals surface area contributed by atoms with E-state index in [1.807, 2.05) is 0 Å². The first-order valence-corrected chi connectivity index (χ1v) is 8.29. The van der Waals surface area contributed by atoms with Crippen molar-refractivity contribution in [3.63, 3.8) is 0 Å². The summed E-state index contributed by atoms with van der Waals surface area (Å²) in [4.78, 5) is 11.6. The molecule has 1 atom stereocenters. The molecule has 2 heterocycles. The molecular weight excluding hydrogens is 284 g/mol. The Balaban J connectivity index is 2.35. The third-order valence-electron chi connectivity index (χ3n) is 3.13. The number of nitrogens with one attached hydrogen (secondary N) is 2. The van der Waals surface area contributed by atoms with E-state index in [4.69, 9.17) is 4.74 Å². The SMILES string of the molecule is CCCNc1nc(NC(C)COC)c2cc(CC)sc2n1. The number of aromatic nitrogens is 2. The summed E-state index contributed by atoms with van der Waals surface area (Å²) in [5.74, 6) is 1.58. The summed E-state index contributed by atoms with van der Waals surface area (Å²) in [5.41, 5.74) is 0. The highest BCUT2D eigenvalue weighted by atomic mass is 32.1. The normalized spacial score (nSPS) is 12.6. The molecule has 0 amide bonds. The van der Waals surface area contributed by atoms with Crippen molar-refractivity contribution < 1.29 is 4.74 Å². The van der Waals surface area contributed by atoms with Gasteiger partial charge in [0.05, 0.1) is 12.0 Å². The van der Waals surface area contributed by atoms with E-state index in [1.165, 1.54) is 4.88 Å². The lowest BCUT2D eigenvalue weighted by Crippen LogP contribution is -2.22. The highest BCUT2D eigenvalue weighted by Crippen LogP contribution is 2.30. The number of aryl methyl sites for hydroxylation is 1. The Hall–Kier alpha value is -1.40. The van der Waals surface area contributed by atoms with Crippen LogP contribution in [-0.4, -0.2) is 36.3 Å². The molecule has 0 fully saturated rings. The summed E-state index contributed by atoms with van der Waals surface area (Å²) >= 11 is 1.74. The summed E-state index contributed by atoms with van der Waals surface area (Å²) in [5, 5.41) is 7.80. The Kier molecular flexibility index (Phi) is 5.76. The van der Waals surface area contributed by atoms with Crippen LogP contribution >= 0.6 is 11.3 Å². The van der Waals surface area contributed by atoms with Gasteiger partial charge in [-0.05, 0) is 25.8 Å². The number of hydrogen-bond acceptors (Lipinski definition) is 6. The van der Waals surface area contributed by atoms with Crippen LogP contribution in [0.1, 0.15) is 32.1 Å². The predicted molar refractivity (Wildman–Crippen MR) is 90.5 cm³/mol. The standard InChI is InChI=1S/C15H24N4OS/c1-5-7-16-15-18-13(17-10(3)9-20-4)12-8-11(6-2)21-14(12)19-15/h8,10H,5-7,9H2,1-4H3,(H2,16,17,18,19). The number of fused-ring (bicyclic) bond motifs is 1. The molecule has 6 heteroatoms. The summed E-state index contributed by atoms with van der Waals surface area (Å²) < 4.78 is 5.19. The first kappa shape index (κ1) is 16.0. The van der Waals surface area contributed by atoms with Crippen LogP contribution in [-0.2, 0) is 11.2 Å². The van der Waals surface area contributed by atoms with E-state index in [-0.39, 0.29) is 6.04 Å².